The van der Waals surface area contributed by atoms with E-state index in [1.54, 1.807) is 0 Å². The molecule has 3 aromatic heterocycles. The van der Waals surface area contributed by atoms with Crippen LogP contribution in [0.3, 0.4) is 0 Å². The third-order valence-electron chi connectivity index (χ3n) is 7.39. The second-order valence-electron chi connectivity index (χ2n) is 9.80. The zero-order valence-electron chi connectivity index (χ0n) is 20.7. The fraction of sp³-hybridized carbons (Fsp3) is 0.276. The van der Waals surface area contributed by atoms with Crippen molar-refractivity contribution in [3.63, 3.8) is 0 Å². The van der Waals surface area contributed by atoms with Crippen molar-refractivity contribution in [1.29, 1.82) is 0 Å². The molecule has 7 heteroatoms. The van der Waals surface area contributed by atoms with E-state index in [9.17, 15) is 4.39 Å². The molecule has 0 bridgehead atoms. The average Bonchev–Trinajstić information content (AvgIpc) is 3.42. The summed E-state index contributed by atoms with van der Waals surface area (Å²) >= 11 is -0.443. The molecule has 0 radical (unpaired) electrons. The summed E-state index contributed by atoms with van der Waals surface area (Å²) < 4.78 is 20.6. The first-order valence-electron chi connectivity index (χ1n) is 12.5. The van der Waals surface area contributed by atoms with Gasteiger partial charge in [-0.05, 0) is 68.0 Å². The largest absolute Gasteiger partial charge is 0.335 e. The Balaban J connectivity index is 1.42. The molecule has 0 aliphatic carbocycles. The lowest BCUT2D eigenvalue weighted by atomic mass is 10.1. The normalized spacial score (nSPS) is 18.2. The lowest BCUT2D eigenvalue weighted by Crippen LogP contribution is -2.40. The Labute approximate surface area is 213 Å². The highest BCUT2D eigenvalue weighted by Crippen LogP contribution is 2.39. The minimum absolute atomic E-state index is 0.217. The second kappa shape index (κ2) is 9.39. The molecule has 2 unspecified atom stereocenters. The molecule has 186 valence electrons. The first-order valence-corrected chi connectivity index (χ1v) is 14.3. The molecule has 0 amide bonds. The number of aryl methyl sites for hydroxylation is 1. The van der Waals surface area contributed by atoms with E-state index in [-0.39, 0.29) is 11.9 Å². The smallest absolute Gasteiger partial charge is 0.138 e. The zero-order valence-corrected chi connectivity index (χ0v) is 21.6. The molecule has 1 saturated heterocycles. The maximum Gasteiger partial charge on any atom is 0.138 e. The highest BCUT2D eigenvalue weighted by Gasteiger charge is 2.22. The predicted molar refractivity (Wildman–Crippen MR) is 148 cm³/mol. The summed E-state index contributed by atoms with van der Waals surface area (Å²) in [7, 11) is 0. The van der Waals surface area contributed by atoms with Crippen LogP contribution in [-0.4, -0.2) is 43.6 Å². The van der Waals surface area contributed by atoms with Gasteiger partial charge in [0.05, 0.1) is 5.69 Å². The van der Waals surface area contributed by atoms with Gasteiger partial charge in [0.1, 0.15) is 17.2 Å². The number of para-hydroxylation sites is 1. The standard InChI is InChI=1S/C29H32FN5S/c1-20-29(32-28-17-25(13-15-34(20)28)36(2)33-14-5-7-24(31)19-33)27-16-22-6-3-4-8-26(22)35(27)18-21-9-11-23(30)12-10-21/h3-4,6,8-13,15-17,24,36H,5,7,14,18-19,31H2,1-2H3. The van der Waals surface area contributed by atoms with Crippen LogP contribution in [0.1, 0.15) is 24.1 Å². The number of hydrogen-bond donors (Lipinski definition) is 2. The summed E-state index contributed by atoms with van der Waals surface area (Å²) in [6.07, 6.45) is 6.78. The SMILES string of the molecule is Cc1c(-c2cc3ccccc3n2Cc2ccc(F)cc2)nc2cc([SH](C)N3CCCC(N)C3)ccn12. The van der Waals surface area contributed by atoms with Crippen molar-refractivity contribution in [2.45, 2.75) is 37.2 Å². The van der Waals surface area contributed by atoms with Crippen LogP contribution in [0.5, 0.6) is 0 Å². The van der Waals surface area contributed by atoms with E-state index in [0.717, 1.165) is 53.3 Å². The third-order valence-corrected chi connectivity index (χ3v) is 9.63. The van der Waals surface area contributed by atoms with Crippen LogP contribution in [0.4, 0.5) is 4.39 Å². The number of pyridine rings is 1. The molecule has 6 rings (SSSR count). The molecule has 5 nitrogen and oxygen atoms in total. The van der Waals surface area contributed by atoms with Gasteiger partial charge in [-0.25, -0.2) is 9.37 Å². The summed E-state index contributed by atoms with van der Waals surface area (Å²) in [4.78, 5) is 6.48. The van der Waals surface area contributed by atoms with Crippen molar-refractivity contribution in [2.75, 3.05) is 19.3 Å². The fourth-order valence-electron chi connectivity index (χ4n) is 5.37. The third kappa shape index (κ3) is 4.21. The van der Waals surface area contributed by atoms with E-state index in [1.165, 1.54) is 28.8 Å². The summed E-state index contributed by atoms with van der Waals surface area (Å²) in [5.74, 6) is -0.217. The Hall–Kier alpha value is -3.13. The number of fused-ring (bicyclic) bond motifs is 2. The zero-order chi connectivity index (χ0) is 24.8. The van der Waals surface area contributed by atoms with E-state index in [0.29, 0.717) is 6.54 Å². The first kappa shape index (κ1) is 23.3. The lowest BCUT2D eigenvalue weighted by molar-refractivity contribution is 0.339. The molecule has 2 N–H and O–H groups in total. The number of benzene rings is 2. The molecule has 36 heavy (non-hydrogen) atoms. The molecular formula is C29H32FN5S. The van der Waals surface area contributed by atoms with Crippen LogP contribution < -0.4 is 5.73 Å². The van der Waals surface area contributed by atoms with Crippen molar-refractivity contribution in [1.82, 2.24) is 18.3 Å². The van der Waals surface area contributed by atoms with E-state index in [4.69, 9.17) is 10.7 Å². The Bertz CT molecular complexity index is 1540. The van der Waals surface area contributed by atoms with E-state index >= 15 is 0 Å². The molecule has 5 aromatic rings. The Kier molecular flexibility index (Phi) is 6.07. The predicted octanol–water partition coefficient (Wildman–Crippen LogP) is 5.78. The highest BCUT2D eigenvalue weighted by atomic mass is 32.2. The number of nitrogens with two attached hydrogens (primary N) is 1. The maximum absolute atomic E-state index is 13.5. The Morgan fingerprint density at radius 3 is 2.69 bits per heavy atom. The number of hydrogen-bond acceptors (Lipinski definition) is 3. The first-order chi connectivity index (χ1) is 17.5. The second-order valence-corrected chi connectivity index (χ2v) is 11.9. The quantitative estimate of drug-likeness (QED) is 0.300. The van der Waals surface area contributed by atoms with Gasteiger partial charge >= 0.3 is 0 Å². The van der Waals surface area contributed by atoms with Gasteiger partial charge in [0, 0.05) is 53.4 Å². The molecule has 2 atom stereocenters. The summed E-state index contributed by atoms with van der Waals surface area (Å²) in [6, 6.07) is 22.1. The van der Waals surface area contributed by atoms with Gasteiger partial charge in [0.2, 0.25) is 0 Å². The minimum atomic E-state index is -0.443. The van der Waals surface area contributed by atoms with Gasteiger partial charge in [-0.15, -0.1) is 0 Å². The molecule has 1 aliphatic heterocycles. The number of halogens is 1. The van der Waals surface area contributed by atoms with Gasteiger partial charge < -0.3 is 14.7 Å². The fourth-order valence-corrected chi connectivity index (χ4v) is 7.18. The van der Waals surface area contributed by atoms with Crippen LogP contribution in [0, 0.1) is 12.7 Å². The van der Waals surface area contributed by atoms with E-state index < -0.39 is 11.1 Å². The van der Waals surface area contributed by atoms with E-state index in [2.05, 4.69) is 75.1 Å². The number of piperidine rings is 1. The van der Waals surface area contributed by atoms with Crippen molar-refractivity contribution in [3.8, 4) is 11.4 Å². The van der Waals surface area contributed by atoms with Crippen molar-refractivity contribution >= 4 is 27.6 Å². The van der Waals surface area contributed by atoms with Gasteiger partial charge in [-0.3, -0.25) is 4.31 Å². The van der Waals surface area contributed by atoms with Crippen LogP contribution in [-0.2, 0) is 6.54 Å². The van der Waals surface area contributed by atoms with Crippen LogP contribution >= 0.6 is 11.1 Å². The van der Waals surface area contributed by atoms with Gasteiger partial charge in [0.25, 0.3) is 0 Å². The van der Waals surface area contributed by atoms with Gasteiger partial charge in [0.15, 0.2) is 0 Å². The topological polar surface area (TPSA) is 51.5 Å². The van der Waals surface area contributed by atoms with Gasteiger partial charge in [-0.1, -0.05) is 30.3 Å². The molecule has 1 fully saturated rings. The maximum atomic E-state index is 13.5. The summed E-state index contributed by atoms with van der Waals surface area (Å²) in [5.41, 5.74) is 12.6. The van der Waals surface area contributed by atoms with Crippen molar-refractivity contribution in [2.24, 2.45) is 5.73 Å². The number of imidazole rings is 1. The van der Waals surface area contributed by atoms with Crippen LogP contribution in [0.25, 0.3) is 27.9 Å². The molecule has 2 aromatic carbocycles. The Morgan fingerprint density at radius 1 is 1.08 bits per heavy atom. The molecule has 0 saturated carbocycles. The monoisotopic (exact) mass is 501 g/mol. The van der Waals surface area contributed by atoms with Crippen LogP contribution in [0.15, 0.2) is 77.8 Å². The lowest BCUT2D eigenvalue weighted by Gasteiger charge is -2.37. The van der Waals surface area contributed by atoms with E-state index in [1.807, 2.05) is 12.1 Å². The molecule has 4 heterocycles. The van der Waals surface area contributed by atoms with Crippen molar-refractivity contribution < 1.29 is 4.39 Å². The van der Waals surface area contributed by atoms with Crippen molar-refractivity contribution in [3.05, 3.63) is 90.0 Å². The van der Waals surface area contributed by atoms with Crippen LogP contribution in [0.2, 0.25) is 0 Å². The number of rotatable bonds is 5. The minimum Gasteiger partial charge on any atom is -0.335 e. The molecular weight excluding hydrogens is 469 g/mol. The highest BCUT2D eigenvalue weighted by molar-refractivity contribution is 8.14. The Morgan fingerprint density at radius 2 is 1.89 bits per heavy atom. The summed E-state index contributed by atoms with van der Waals surface area (Å²) in [5, 5.41) is 1.17. The number of nitrogens with zero attached hydrogens (tertiary/aromatic N) is 4. The van der Waals surface area contributed by atoms with Gasteiger partial charge in [-0.2, -0.15) is 11.1 Å². The summed E-state index contributed by atoms with van der Waals surface area (Å²) in [6.45, 7) is 4.86. The molecule has 0 spiro atoms. The molecule has 1 aliphatic rings. The average molecular weight is 502 g/mol. The number of aromatic nitrogens is 3. The number of thiol groups is 1.